The highest BCUT2D eigenvalue weighted by molar-refractivity contribution is 8.00. The van der Waals surface area contributed by atoms with Crippen LogP contribution in [0.25, 0.3) is 10.9 Å². The van der Waals surface area contributed by atoms with Gasteiger partial charge in [0.2, 0.25) is 0 Å². The number of ether oxygens (including phenoxy) is 1. The lowest BCUT2D eigenvalue weighted by atomic mass is 10.1. The summed E-state index contributed by atoms with van der Waals surface area (Å²) in [7, 11) is 1.65. The van der Waals surface area contributed by atoms with Crippen LogP contribution in [0.4, 0.5) is 5.69 Å². The predicted molar refractivity (Wildman–Crippen MR) is 107 cm³/mol. The number of Topliss-reactive ketones (excluding diaryl/α,β-unsaturated/α-hetero) is 1. The minimum Gasteiger partial charge on any atom is -0.482 e. The van der Waals surface area contributed by atoms with E-state index >= 15 is 0 Å². The van der Waals surface area contributed by atoms with Gasteiger partial charge in [-0.1, -0.05) is 23.9 Å². The summed E-state index contributed by atoms with van der Waals surface area (Å²) in [5.41, 5.74) is 1.38. The molecule has 142 valence electrons. The number of para-hydroxylation sites is 1. The van der Waals surface area contributed by atoms with Gasteiger partial charge in [-0.05, 0) is 37.3 Å². The SMILES string of the molecule is CC(Sc1nc2ccccc2c(=O)[nH]1)C(=O)c1ccc2c(c1)N(C)C(=O)CO2. The second-order valence-corrected chi connectivity index (χ2v) is 7.77. The number of fused-ring (bicyclic) bond motifs is 2. The third kappa shape index (κ3) is 3.27. The van der Waals surface area contributed by atoms with Crippen LogP contribution in [0, 0.1) is 0 Å². The largest absolute Gasteiger partial charge is 0.482 e. The molecule has 1 aliphatic rings. The predicted octanol–water partition coefficient (Wildman–Crippen LogP) is 2.64. The number of nitrogens with one attached hydrogen (secondary N) is 1. The lowest BCUT2D eigenvalue weighted by Gasteiger charge is -2.26. The molecule has 28 heavy (non-hydrogen) atoms. The van der Waals surface area contributed by atoms with Gasteiger partial charge in [-0.25, -0.2) is 4.98 Å². The molecular weight excluding hydrogens is 378 g/mol. The van der Waals surface area contributed by atoms with E-state index in [4.69, 9.17) is 4.74 Å². The number of carbonyl (C=O) groups excluding carboxylic acids is 2. The minimum absolute atomic E-state index is 0.00988. The number of amides is 1. The van der Waals surface area contributed by atoms with Gasteiger partial charge in [0.05, 0.1) is 21.8 Å². The number of nitrogens with zero attached hydrogens (tertiary/aromatic N) is 2. The maximum absolute atomic E-state index is 12.9. The maximum Gasteiger partial charge on any atom is 0.264 e. The van der Waals surface area contributed by atoms with Crippen molar-refractivity contribution < 1.29 is 14.3 Å². The Labute approximate surface area is 164 Å². The molecule has 0 fully saturated rings. The highest BCUT2D eigenvalue weighted by Gasteiger charge is 2.25. The number of H-pyrrole nitrogens is 1. The first-order valence-electron chi connectivity index (χ1n) is 8.67. The molecule has 1 aromatic heterocycles. The van der Waals surface area contributed by atoms with Crippen LogP contribution in [0.1, 0.15) is 17.3 Å². The molecule has 0 bridgehead atoms. The molecule has 0 aliphatic carbocycles. The normalized spacial score (nSPS) is 14.5. The van der Waals surface area contributed by atoms with Gasteiger partial charge >= 0.3 is 0 Å². The summed E-state index contributed by atoms with van der Waals surface area (Å²) < 4.78 is 5.39. The summed E-state index contributed by atoms with van der Waals surface area (Å²) >= 11 is 1.19. The number of hydrogen-bond donors (Lipinski definition) is 1. The van der Waals surface area contributed by atoms with Gasteiger partial charge in [0.15, 0.2) is 17.5 Å². The molecule has 0 spiro atoms. The van der Waals surface area contributed by atoms with Crippen molar-refractivity contribution in [2.24, 2.45) is 0 Å². The van der Waals surface area contributed by atoms with E-state index < -0.39 is 5.25 Å². The monoisotopic (exact) mass is 395 g/mol. The Bertz CT molecular complexity index is 1160. The van der Waals surface area contributed by atoms with Crippen molar-refractivity contribution in [3.05, 3.63) is 58.4 Å². The molecule has 1 N–H and O–H groups in total. The number of hydrogen-bond acceptors (Lipinski definition) is 6. The number of carbonyl (C=O) groups is 2. The summed E-state index contributed by atoms with van der Waals surface area (Å²) in [4.78, 5) is 45.5. The number of likely N-dealkylation sites (N-methyl/N-ethyl adjacent to an activating group) is 1. The quantitative estimate of drug-likeness (QED) is 0.415. The van der Waals surface area contributed by atoms with Crippen molar-refractivity contribution in [1.82, 2.24) is 9.97 Å². The van der Waals surface area contributed by atoms with E-state index in [2.05, 4.69) is 9.97 Å². The lowest BCUT2D eigenvalue weighted by Crippen LogP contribution is -2.35. The summed E-state index contributed by atoms with van der Waals surface area (Å²) in [5, 5.41) is 0.416. The molecule has 1 atom stereocenters. The average Bonchev–Trinajstić information content (AvgIpc) is 2.70. The van der Waals surface area contributed by atoms with Gasteiger partial charge in [-0.2, -0.15) is 0 Å². The molecule has 0 saturated carbocycles. The van der Waals surface area contributed by atoms with E-state index in [9.17, 15) is 14.4 Å². The highest BCUT2D eigenvalue weighted by atomic mass is 32.2. The Balaban J connectivity index is 1.59. The maximum atomic E-state index is 12.9. The summed E-state index contributed by atoms with van der Waals surface area (Å²) in [6, 6.07) is 12.1. The van der Waals surface area contributed by atoms with E-state index in [-0.39, 0.29) is 23.9 Å². The second-order valence-electron chi connectivity index (χ2n) is 6.44. The zero-order valence-electron chi connectivity index (χ0n) is 15.3. The summed E-state index contributed by atoms with van der Waals surface area (Å²) in [6.45, 7) is 1.75. The van der Waals surface area contributed by atoms with Gasteiger partial charge in [0, 0.05) is 12.6 Å². The van der Waals surface area contributed by atoms with Crippen molar-refractivity contribution >= 4 is 40.0 Å². The van der Waals surface area contributed by atoms with Gasteiger partial charge in [0.25, 0.3) is 11.5 Å². The summed E-state index contributed by atoms with van der Waals surface area (Å²) in [6.07, 6.45) is 0. The van der Waals surface area contributed by atoms with Crippen LogP contribution in [0.2, 0.25) is 0 Å². The van der Waals surface area contributed by atoms with E-state index in [1.54, 1.807) is 50.4 Å². The minimum atomic E-state index is -0.479. The number of thioether (sulfide) groups is 1. The van der Waals surface area contributed by atoms with E-state index in [0.717, 1.165) is 0 Å². The van der Waals surface area contributed by atoms with Crippen LogP contribution in [0.5, 0.6) is 5.75 Å². The standard InChI is InChI=1S/C20H17N3O4S/c1-11(28-20-21-14-6-4-3-5-13(14)19(26)22-20)18(25)12-7-8-16-15(9-12)23(2)17(24)10-27-16/h3-9,11H,10H2,1-2H3,(H,21,22,26). The number of ketones is 1. The van der Waals surface area contributed by atoms with Gasteiger partial charge < -0.3 is 14.6 Å². The molecule has 1 unspecified atom stereocenters. The first kappa shape index (κ1) is 18.2. The van der Waals surface area contributed by atoms with Crippen LogP contribution in [-0.4, -0.2) is 40.6 Å². The van der Waals surface area contributed by atoms with Crippen molar-refractivity contribution in [3.8, 4) is 5.75 Å². The molecule has 2 aromatic carbocycles. The number of aromatic nitrogens is 2. The van der Waals surface area contributed by atoms with Crippen LogP contribution >= 0.6 is 11.8 Å². The van der Waals surface area contributed by atoms with Crippen molar-refractivity contribution in [2.75, 3.05) is 18.6 Å². The first-order chi connectivity index (χ1) is 13.4. The van der Waals surface area contributed by atoms with Crippen molar-refractivity contribution in [3.63, 3.8) is 0 Å². The van der Waals surface area contributed by atoms with Crippen LogP contribution in [0.3, 0.4) is 0 Å². The van der Waals surface area contributed by atoms with Crippen molar-refractivity contribution in [1.29, 1.82) is 0 Å². The molecule has 0 saturated heterocycles. The molecule has 1 amide bonds. The Morgan fingerprint density at radius 1 is 1.25 bits per heavy atom. The van der Waals surface area contributed by atoms with E-state index in [1.165, 1.54) is 16.7 Å². The second kappa shape index (κ2) is 7.12. The fourth-order valence-corrected chi connectivity index (χ4v) is 3.88. The first-order valence-corrected chi connectivity index (χ1v) is 9.55. The summed E-state index contributed by atoms with van der Waals surface area (Å²) in [5.74, 6) is 0.270. The molecule has 3 aromatic rings. The topological polar surface area (TPSA) is 92.4 Å². The molecule has 8 heteroatoms. The van der Waals surface area contributed by atoms with Gasteiger partial charge in [0.1, 0.15) is 5.75 Å². The Kier molecular flexibility index (Phi) is 4.64. The van der Waals surface area contributed by atoms with Gasteiger partial charge in [-0.15, -0.1) is 0 Å². The fraction of sp³-hybridized carbons (Fsp3) is 0.200. The van der Waals surface area contributed by atoms with E-state index in [0.29, 0.717) is 33.1 Å². The smallest absolute Gasteiger partial charge is 0.264 e. The molecule has 7 nitrogen and oxygen atoms in total. The van der Waals surface area contributed by atoms with Crippen LogP contribution in [0.15, 0.2) is 52.4 Å². The number of anilines is 1. The third-order valence-electron chi connectivity index (χ3n) is 4.58. The average molecular weight is 395 g/mol. The molecule has 1 aliphatic heterocycles. The van der Waals surface area contributed by atoms with E-state index in [1.807, 2.05) is 6.07 Å². The zero-order valence-corrected chi connectivity index (χ0v) is 16.1. The lowest BCUT2D eigenvalue weighted by molar-refractivity contribution is -0.120. The van der Waals surface area contributed by atoms with Crippen molar-refractivity contribution in [2.45, 2.75) is 17.3 Å². The Morgan fingerprint density at radius 2 is 2.04 bits per heavy atom. The zero-order chi connectivity index (χ0) is 19.8. The number of aromatic amines is 1. The molecule has 2 heterocycles. The number of rotatable bonds is 4. The highest BCUT2D eigenvalue weighted by Crippen LogP contribution is 2.33. The number of benzene rings is 2. The van der Waals surface area contributed by atoms with Crippen LogP contribution < -0.4 is 15.2 Å². The fourth-order valence-electron chi connectivity index (χ4n) is 3.00. The molecular formula is C20H17N3O4S. The Hall–Kier alpha value is -3.13. The molecule has 4 rings (SSSR count). The van der Waals surface area contributed by atoms with Crippen LogP contribution in [-0.2, 0) is 4.79 Å². The van der Waals surface area contributed by atoms with Gasteiger partial charge in [-0.3, -0.25) is 14.4 Å². The Morgan fingerprint density at radius 3 is 2.86 bits per heavy atom. The molecule has 0 radical (unpaired) electrons. The third-order valence-corrected chi connectivity index (χ3v) is 5.56.